The molecule has 0 aliphatic rings. The van der Waals surface area contributed by atoms with Crippen LogP contribution in [0.2, 0.25) is 0 Å². The van der Waals surface area contributed by atoms with Gasteiger partial charge in [0.1, 0.15) is 0 Å². The second-order valence-corrected chi connectivity index (χ2v) is 4.53. The Bertz CT molecular complexity index is 417. The van der Waals surface area contributed by atoms with Crippen LogP contribution in [0.5, 0.6) is 0 Å². The zero-order valence-electron chi connectivity index (χ0n) is 8.92. The standard InChI is InChI=1S/C11H15N3S/c1-8(12)11-5-13-7-14(11)9(2)10-3-4-15-6-10/h3-9H,12H2,1-2H3/t8-,9?/m1/s1. The van der Waals surface area contributed by atoms with Crippen LogP contribution in [0.15, 0.2) is 29.4 Å². The molecule has 0 fully saturated rings. The molecule has 80 valence electrons. The van der Waals surface area contributed by atoms with Crippen molar-refractivity contribution in [3.63, 3.8) is 0 Å². The molecule has 1 unspecified atom stereocenters. The Morgan fingerprint density at radius 1 is 1.47 bits per heavy atom. The van der Waals surface area contributed by atoms with E-state index >= 15 is 0 Å². The summed E-state index contributed by atoms with van der Waals surface area (Å²) in [7, 11) is 0. The zero-order chi connectivity index (χ0) is 10.8. The highest BCUT2D eigenvalue weighted by atomic mass is 32.1. The topological polar surface area (TPSA) is 43.8 Å². The SMILES string of the molecule is CC(c1ccsc1)n1cncc1[C@@H](C)N. The first-order valence-electron chi connectivity index (χ1n) is 4.99. The van der Waals surface area contributed by atoms with Crippen molar-refractivity contribution in [2.45, 2.75) is 25.9 Å². The minimum atomic E-state index is 0.0218. The largest absolute Gasteiger partial charge is 0.326 e. The highest BCUT2D eigenvalue weighted by Crippen LogP contribution is 2.23. The summed E-state index contributed by atoms with van der Waals surface area (Å²) in [5, 5.41) is 4.25. The monoisotopic (exact) mass is 221 g/mol. The van der Waals surface area contributed by atoms with E-state index in [4.69, 9.17) is 5.73 Å². The first-order valence-corrected chi connectivity index (χ1v) is 5.94. The molecule has 2 heterocycles. The van der Waals surface area contributed by atoms with Crippen molar-refractivity contribution >= 4 is 11.3 Å². The van der Waals surface area contributed by atoms with E-state index in [0.29, 0.717) is 6.04 Å². The Morgan fingerprint density at radius 3 is 2.87 bits per heavy atom. The molecule has 0 spiro atoms. The lowest BCUT2D eigenvalue weighted by atomic mass is 10.1. The summed E-state index contributed by atoms with van der Waals surface area (Å²) in [6, 6.07) is 2.47. The minimum absolute atomic E-state index is 0.0218. The van der Waals surface area contributed by atoms with Gasteiger partial charge in [0.25, 0.3) is 0 Å². The Kier molecular flexibility index (Phi) is 2.88. The first-order chi connectivity index (χ1) is 7.20. The van der Waals surface area contributed by atoms with Crippen LogP contribution >= 0.6 is 11.3 Å². The van der Waals surface area contributed by atoms with E-state index in [1.54, 1.807) is 11.3 Å². The fourth-order valence-corrected chi connectivity index (χ4v) is 2.41. The van der Waals surface area contributed by atoms with Crippen LogP contribution in [0.3, 0.4) is 0 Å². The lowest BCUT2D eigenvalue weighted by Crippen LogP contribution is -2.15. The van der Waals surface area contributed by atoms with E-state index < -0.39 is 0 Å². The van der Waals surface area contributed by atoms with E-state index in [9.17, 15) is 0 Å². The molecular formula is C11H15N3S. The number of rotatable bonds is 3. The summed E-state index contributed by atoms with van der Waals surface area (Å²) in [5.74, 6) is 0. The highest BCUT2D eigenvalue weighted by molar-refractivity contribution is 7.07. The molecule has 0 amide bonds. The lowest BCUT2D eigenvalue weighted by Gasteiger charge is -2.17. The lowest BCUT2D eigenvalue weighted by molar-refractivity contribution is 0.583. The number of thiophene rings is 1. The normalized spacial score (nSPS) is 15.1. The minimum Gasteiger partial charge on any atom is -0.326 e. The van der Waals surface area contributed by atoms with E-state index in [1.165, 1.54) is 5.56 Å². The molecule has 0 aliphatic heterocycles. The van der Waals surface area contributed by atoms with Gasteiger partial charge in [-0.05, 0) is 36.2 Å². The number of hydrogen-bond acceptors (Lipinski definition) is 3. The van der Waals surface area contributed by atoms with Crippen LogP contribution in [0.4, 0.5) is 0 Å². The molecule has 4 heteroatoms. The molecule has 0 saturated carbocycles. The zero-order valence-corrected chi connectivity index (χ0v) is 9.74. The molecule has 15 heavy (non-hydrogen) atoms. The van der Waals surface area contributed by atoms with Crippen LogP contribution in [0.1, 0.15) is 37.2 Å². The summed E-state index contributed by atoms with van der Waals surface area (Å²) in [4.78, 5) is 4.16. The molecule has 3 nitrogen and oxygen atoms in total. The van der Waals surface area contributed by atoms with Gasteiger partial charge >= 0.3 is 0 Å². The molecule has 2 aromatic rings. The summed E-state index contributed by atoms with van der Waals surface area (Å²) >= 11 is 1.71. The van der Waals surface area contributed by atoms with Crippen molar-refractivity contribution in [2.75, 3.05) is 0 Å². The second kappa shape index (κ2) is 4.16. The Balaban J connectivity index is 2.33. The van der Waals surface area contributed by atoms with Gasteiger partial charge in [-0.2, -0.15) is 11.3 Å². The average molecular weight is 221 g/mol. The highest BCUT2D eigenvalue weighted by Gasteiger charge is 2.13. The second-order valence-electron chi connectivity index (χ2n) is 3.75. The van der Waals surface area contributed by atoms with Crippen molar-refractivity contribution in [3.05, 3.63) is 40.6 Å². The van der Waals surface area contributed by atoms with Crippen LogP contribution < -0.4 is 5.73 Å². The van der Waals surface area contributed by atoms with Gasteiger partial charge in [-0.1, -0.05) is 0 Å². The van der Waals surface area contributed by atoms with Gasteiger partial charge in [0.05, 0.1) is 18.1 Å². The summed E-state index contributed by atoms with van der Waals surface area (Å²) in [6.07, 6.45) is 3.69. The van der Waals surface area contributed by atoms with Crippen molar-refractivity contribution < 1.29 is 0 Å². The van der Waals surface area contributed by atoms with Crippen LogP contribution in [0.25, 0.3) is 0 Å². The van der Waals surface area contributed by atoms with E-state index in [1.807, 2.05) is 19.4 Å². The van der Waals surface area contributed by atoms with Gasteiger partial charge in [0, 0.05) is 12.2 Å². The maximum Gasteiger partial charge on any atom is 0.0954 e. The predicted molar refractivity (Wildman–Crippen MR) is 63.0 cm³/mol. The fraction of sp³-hybridized carbons (Fsp3) is 0.364. The quantitative estimate of drug-likeness (QED) is 0.865. The smallest absolute Gasteiger partial charge is 0.0954 e. The first kappa shape index (κ1) is 10.4. The Hall–Kier alpha value is -1.13. The number of nitrogens with zero attached hydrogens (tertiary/aromatic N) is 2. The van der Waals surface area contributed by atoms with Crippen LogP contribution in [-0.2, 0) is 0 Å². The van der Waals surface area contributed by atoms with Crippen LogP contribution in [0, 0.1) is 0 Å². The summed E-state index contributed by atoms with van der Waals surface area (Å²) in [6.45, 7) is 4.14. The number of imidazole rings is 1. The summed E-state index contributed by atoms with van der Waals surface area (Å²) in [5.41, 5.74) is 8.27. The van der Waals surface area contributed by atoms with Crippen molar-refractivity contribution in [1.29, 1.82) is 0 Å². The molecule has 2 rings (SSSR count). The summed E-state index contributed by atoms with van der Waals surface area (Å²) < 4.78 is 2.13. The number of aromatic nitrogens is 2. The molecule has 2 atom stereocenters. The van der Waals surface area contributed by atoms with Gasteiger partial charge in [0.15, 0.2) is 0 Å². The van der Waals surface area contributed by atoms with Gasteiger partial charge in [-0.15, -0.1) is 0 Å². The molecule has 0 radical (unpaired) electrons. The number of hydrogen-bond donors (Lipinski definition) is 1. The van der Waals surface area contributed by atoms with Gasteiger partial charge < -0.3 is 10.3 Å². The number of nitrogens with two attached hydrogens (primary N) is 1. The van der Waals surface area contributed by atoms with E-state index in [0.717, 1.165) is 5.69 Å². The van der Waals surface area contributed by atoms with Crippen molar-refractivity contribution in [2.24, 2.45) is 5.73 Å². The Labute approximate surface area is 93.6 Å². The molecule has 0 bridgehead atoms. The van der Waals surface area contributed by atoms with Gasteiger partial charge in [0.2, 0.25) is 0 Å². The molecular weight excluding hydrogens is 206 g/mol. The maximum absolute atomic E-state index is 5.89. The van der Waals surface area contributed by atoms with E-state index in [-0.39, 0.29) is 6.04 Å². The van der Waals surface area contributed by atoms with Crippen LogP contribution in [-0.4, -0.2) is 9.55 Å². The van der Waals surface area contributed by atoms with E-state index in [2.05, 4.69) is 33.3 Å². The molecule has 0 aromatic carbocycles. The Morgan fingerprint density at radius 2 is 2.27 bits per heavy atom. The predicted octanol–water partition coefficient (Wildman–Crippen LogP) is 2.57. The van der Waals surface area contributed by atoms with Crippen molar-refractivity contribution in [3.8, 4) is 0 Å². The average Bonchev–Trinajstić information content (AvgIpc) is 2.88. The molecule has 2 N–H and O–H groups in total. The molecule has 0 saturated heterocycles. The fourth-order valence-electron chi connectivity index (χ4n) is 1.66. The third kappa shape index (κ3) is 1.96. The molecule has 2 aromatic heterocycles. The molecule has 0 aliphatic carbocycles. The third-order valence-electron chi connectivity index (χ3n) is 2.61. The van der Waals surface area contributed by atoms with Gasteiger partial charge in [-0.25, -0.2) is 4.98 Å². The van der Waals surface area contributed by atoms with Gasteiger partial charge in [-0.3, -0.25) is 0 Å². The van der Waals surface area contributed by atoms with Crippen molar-refractivity contribution in [1.82, 2.24) is 9.55 Å². The third-order valence-corrected chi connectivity index (χ3v) is 3.31. The maximum atomic E-state index is 5.89.